The molecule has 0 radical (unpaired) electrons. The van der Waals surface area contributed by atoms with E-state index in [-0.39, 0.29) is 11.9 Å². The molecule has 25 heavy (non-hydrogen) atoms. The van der Waals surface area contributed by atoms with Crippen LogP contribution in [0.15, 0.2) is 59.9 Å². The third-order valence-electron chi connectivity index (χ3n) is 4.03. The monoisotopic (exact) mass is 355 g/mol. The van der Waals surface area contributed by atoms with Gasteiger partial charge in [-0.1, -0.05) is 41.4 Å². The summed E-state index contributed by atoms with van der Waals surface area (Å²) in [5.41, 5.74) is 3.73. The van der Waals surface area contributed by atoms with Gasteiger partial charge in [0.1, 0.15) is 0 Å². The molecule has 6 heteroatoms. The molecule has 2 aromatic rings. The molecule has 0 saturated carbocycles. The smallest absolute Gasteiger partial charge is 0.319 e. The fourth-order valence-corrected chi connectivity index (χ4v) is 2.79. The zero-order chi connectivity index (χ0) is 18.0. The van der Waals surface area contributed by atoms with Crippen molar-refractivity contribution in [1.29, 1.82) is 0 Å². The molecule has 1 heterocycles. The van der Waals surface area contributed by atoms with E-state index in [1.807, 2.05) is 31.2 Å². The Kier molecular flexibility index (Phi) is 4.76. The highest BCUT2D eigenvalue weighted by molar-refractivity contribution is 6.30. The predicted octanol–water partition coefficient (Wildman–Crippen LogP) is 3.66. The van der Waals surface area contributed by atoms with Crippen molar-refractivity contribution in [1.82, 2.24) is 16.0 Å². The van der Waals surface area contributed by atoms with Gasteiger partial charge in [-0.05, 0) is 43.7 Å². The van der Waals surface area contributed by atoms with Crippen LogP contribution in [0.25, 0.3) is 0 Å². The summed E-state index contributed by atoms with van der Waals surface area (Å²) in [4.78, 5) is 24.4. The lowest BCUT2D eigenvalue weighted by atomic mass is 9.99. The van der Waals surface area contributed by atoms with Gasteiger partial charge < -0.3 is 16.0 Å². The first-order valence-electron chi connectivity index (χ1n) is 7.86. The molecule has 5 nitrogen and oxygen atoms in total. The van der Waals surface area contributed by atoms with Crippen LogP contribution >= 0.6 is 11.6 Å². The Labute approximate surface area is 151 Å². The fraction of sp³-hybridized carbons (Fsp3) is 0.158. The molecular formula is C19H18ClN3O2. The average Bonchev–Trinajstić information content (AvgIpc) is 2.58. The molecule has 128 valence electrons. The molecule has 0 spiro atoms. The zero-order valence-electron chi connectivity index (χ0n) is 13.9. The van der Waals surface area contributed by atoms with Gasteiger partial charge in [-0.2, -0.15) is 0 Å². The normalized spacial score (nSPS) is 16.9. The first kappa shape index (κ1) is 17.0. The second-order valence-corrected chi connectivity index (χ2v) is 6.38. The van der Waals surface area contributed by atoms with Crippen LogP contribution in [0, 0.1) is 6.92 Å². The van der Waals surface area contributed by atoms with Gasteiger partial charge in [0.15, 0.2) is 0 Å². The summed E-state index contributed by atoms with van der Waals surface area (Å²) in [6.45, 7) is 3.76. The van der Waals surface area contributed by atoms with Crippen LogP contribution in [0.5, 0.6) is 0 Å². The molecule has 1 atom stereocenters. The zero-order valence-corrected chi connectivity index (χ0v) is 14.6. The molecule has 2 aromatic carbocycles. The molecule has 3 rings (SSSR count). The molecule has 0 saturated heterocycles. The number of nitrogens with one attached hydrogen (secondary N) is 3. The predicted molar refractivity (Wildman–Crippen MR) is 97.2 cm³/mol. The number of benzene rings is 2. The highest BCUT2D eigenvalue weighted by atomic mass is 35.5. The molecule has 3 amide bonds. The Morgan fingerprint density at radius 2 is 1.68 bits per heavy atom. The van der Waals surface area contributed by atoms with Crippen LogP contribution in [0.4, 0.5) is 4.79 Å². The molecule has 3 N–H and O–H groups in total. The summed E-state index contributed by atoms with van der Waals surface area (Å²) in [6.07, 6.45) is 0. The van der Waals surface area contributed by atoms with Crippen molar-refractivity contribution < 1.29 is 9.59 Å². The fourth-order valence-electron chi connectivity index (χ4n) is 2.66. The lowest BCUT2D eigenvalue weighted by molar-refractivity contribution is 0.0961. The first-order valence-corrected chi connectivity index (χ1v) is 8.23. The lowest BCUT2D eigenvalue weighted by Crippen LogP contribution is -2.47. The van der Waals surface area contributed by atoms with Gasteiger partial charge in [-0.25, -0.2) is 4.79 Å². The van der Waals surface area contributed by atoms with Crippen LogP contribution in [-0.2, 0) is 0 Å². The van der Waals surface area contributed by atoms with E-state index in [0.29, 0.717) is 22.0 Å². The second-order valence-electron chi connectivity index (χ2n) is 5.94. The number of allylic oxidation sites excluding steroid dienone is 1. The van der Waals surface area contributed by atoms with Gasteiger partial charge in [0, 0.05) is 16.3 Å². The van der Waals surface area contributed by atoms with Gasteiger partial charge in [0.05, 0.1) is 11.7 Å². The van der Waals surface area contributed by atoms with E-state index in [4.69, 9.17) is 11.6 Å². The molecule has 0 aliphatic carbocycles. The van der Waals surface area contributed by atoms with Crippen LogP contribution in [0.1, 0.15) is 34.5 Å². The second kappa shape index (κ2) is 6.99. The molecule has 1 aliphatic rings. The number of carbonyl (C=O) groups excluding carboxylic acids is 2. The Balaban J connectivity index is 1.91. The van der Waals surface area contributed by atoms with Crippen molar-refractivity contribution in [3.05, 3.63) is 81.6 Å². The van der Waals surface area contributed by atoms with Crippen LogP contribution < -0.4 is 16.0 Å². The first-order chi connectivity index (χ1) is 11.9. The van der Waals surface area contributed by atoms with Crippen LogP contribution in [0.3, 0.4) is 0 Å². The standard InChI is InChI=1S/C19H18ClN3O2/c1-11-3-5-13(6-4-11)17-16(12(2)21-19(25)23-17)22-18(24)14-7-9-15(20)10-8-14/h3-10,17H,1-2H3,(H,22,24)(H2,21,23,25). The number of hydrogen-bond acceptors (Lipinski definition) is 2. The number of carbonyl (C=O) groups is 2. The Hall–Kier alpha value is -2.79. The van der Waals surface area contributed by atoms with Gasteiger partial charge in [-0.15, -0.1) is 0 Å². The number of aryl methyl sites for hydroxylation is 1. The third-order valence-corrected chi connectivity index (χ3v) is 4.29. The van der Waals surface area contributed by atoms with Crippen molar-refractivity contribution in [3.8, 4) is 0 Å². The minimum atomic E-state index is -0.425. The Morgan fingerprint density at radius 1 is 1.04 bits per heavy atom. The lowest BCUT2D eigenvalue weighted by Gasteiger charge is -2.29. The third kappa shape index (κ3) is 3.83. The number of urea groups is 1. The maximum absolute atomic E-state index is 12.6. The number of halogens is 1. The minimum absolute atomic E-state index is 0.263. The van der Waals surface area contributed by atoms with E-state index in [1.54, 1.807) is 31.2 Å². The molecule has 0 aromatic heterocycles. The summed E-state index contributed by atoms with van der Waals surface area (Å²) in [6, 6.07) is 13.7. The Morgan fingerprint density at radius 3 is 2.32 bits per heavy atom. The van der Waals surface area contributed by atoms with Gasteiger partial charge in [0.2, 0.25) is 0 Å². The van der Waals surface area contributed by atoms with Gasteiger partial charge in [-0.3, -0.25) is 4.79 Å². The maximum Gasteiger partial charge on any atom is 0.319 e. The Bertz CT molecular complexity index is 842. The summed E-state index contributed by atoms with van der Waals surface area (Å²) in [7, 11) is 0. The van der Waals surface area contributed by atoms with E-state index >= 15 is 0 Å². The average molecular weight is 356 g/mol. The van der Waals surface area contributed by atoms with Crippen molar-refractivity contribution in [2.75, 3.05) is 0 Å². The quantitative estimate of drug-likeness (QED) is 0.786. The highest BCUT2D eigenvalue weighted by Crippen LogP contribution is 2.25. The van der Waals surface area contributed by atoms with Crippen LogP contribution in [-0.4, -0.2) is 11.9 Å². The maximum atomic E-state index is 12.6. The van der Waals surface area contributed by atoms with Crippen molar-refractivity contribution in [2.24, 2.45) is 0 Å². The number of amides is 3. The summed E-state index contributed by atoms with van der Waals surface area (Å²) < 4.78 is 0. The molecular weight excluding hydrogens is 338 g/mol. The van der Waals surface area contributed by atoms with E-state index in [9.17, 15) is 9.59 Å². The largest absolute Gasteiger partial charge is 0.325 e. The summed E-state index contributed by atoms with van der Waals surface area (Å²) >= 11 is 5.86. The van der Waals surface area contributed by atoms with Crippen molar-refractivity contribution in [3.63, 3.8) is 0 Å². The van der Waals surface area contributed by atoms with Gasteiger partial charge in [0.25, 0.3) is 5.91 Å². The number of hydrogen-bond donors (Lipinski definition) is 3. The van der Waals surface area contributed by atoms with Crippen molar-refractivity contribution in [2.45, 2.75) is 19.9 Å². The molecule has 0 fully saturated rings. The highest BCUT2D eigenvalue weighted by Gasteiger charge is 2.28. The minimum Gasteiger partial charge on any atom is -0.325 e. The molecule has 1 unspecified atom stereocenters. The summed E-state index contributed by atoms with van der Waals surface area (Å²) in [5.74, 6) is -0.263. The van der Waals surface area contributed by atoms with E-state index < -0.39 is 6.04 Å². The summed E-state index contributed by atoms with van der Waals surface area (Å²) in [5, 5.41) is 9.03. The van der Waals surface area contributed by atoms with E-state index in [1.165, 1.54) is 0 Å². The van der Waals surface area contributed by atoms with Gasteiger partial charge >= 0.3 is 6.03 Å². The SMILES string of the molecule is CC1=C(NC(=O)c2ccc(Cl)cc2)C(c2ccc(C)cc2)NC(=O)N1. The van der Waals surface area contributed by atoms with E-state index in [0.717, 1.165) is 11.1 Å². The van der Waals surface area contributed by atoms with Crippen LogP contribution in [0.2, 0.25) is 5.02 Å². The molecule has 1 aliphatic heterocycles. The topological polar surface area (TPSA) is 70.2 Å². The van der Waals surface area contributed by atoms with Crippen molar-refractivity contribution >= 4 is 23.5 Å². The number of rotatable bonds is 3. The van der Waals surface area contributed by atoms with E-state index in [2.05, 4.69) is 16.0 Å². The molecule has 0 bridgehead atoms.